The van der Waals surface area contributed by atoms with Gasteiger partial charge < -0.3 is 4.98 Å². The van der Waals surface area contributed by atoms with Crippen LogP contribution in [0.15, 0.2) is 15.5 Å². The maximum atomic E-state index is 12.6. The molecule has 0 fully saturated rings. The van der Waals surface area contributed by atoms with Crippen molar-refractivity contribution in [3.05, 3.63) is 32.4 Å². The van der Waals surface area contributed by atoms with Crippen molar-refractivity contribution in [3.8, 4) is 0 Å². The highest BCUT2D eigenvalue weighted by Gasteiger charge is 2.18. The largest absolute Gasteiger partial charge is 0.326 e. The number of H-pyrrole nitrogens is 1. The molecule has 12 heavy (non-hydrogen) atoms. The Hall–Kier alpha value is -0.780. The molecular weight excluding hydrogens is 239 g/mol. The van der Waals surface area contributed by atoms with Crippen LogP contribution < -0.4 is 5.43 Å². The summed E-state index contributed by atoms with van der Waals surface area (Å²) in [7, 11) is 0. The summed E-state index contributed by atoms with van der Waals surface area (Å²) in [4.78, 5) is 12.7. The molecule has 0 aromatic carbocycles. The smallest absolute Gasteiger partial charge is 0.271 e. The summed E-state index contributed by atoms with van der Waals surface area (Å²) in [5.41, 5.74) is -2.15. The van der Waals surface area contributed by atoms with Gasteiger partial charge in [-0.3, -0.25) is 4.79 Å². The summed E-state index contributed by atoms with van der Waals surface area (Å²) in [6.45, 7) is 0. The fraction of sp³-hybridized carbons (Fsp3) is 0.167. The standard InChI is InChI=1S/C6H3BrF3NO/c7-3-1-2(12)4(5(8)9)6(10)11-3/h1,5H,(H,11,12). The molecule has 0 amide bonds. The number of hydrogen-bond acceptors (Lipinski definition) is 1. The van der Waals surface area contributed by atoms with Gasteiger partial charge in [0, 0.05) is 6.07 Å². The Balaban J connectivity index is 3.39. The Morgan fingerprint density at radius 2 is 2.08 bits per heavy atom. The summed E-state index contributed by atoms with van der Waals surface area (Å²) >= 11 is 2.76. The Labute approximate surface area is 73.5 Å². The number of rotatable bonds is 1. The van der Waals surface area contributed by atoms with Gasteiger partial charge in [-0.15, -0.1) is 0 Å². The van der Waals surface area contributed by atoms with Gasteiger partial charge in [0.1, 0.15) is 5.56 Å². The van der Waals surface area contributed by atoms with E-state index in [9.17, 15) is 18.0 Å². The monoisotopic (exact) mass is 241 g/mol. The molecule has 1 rings (SSSR count). The van der Waals surface area contributed by atoms with E-state index in [0.717, 1.165) is 6.07 Å². The number of alkyl halides is 2. The molecule has 0 atom stereocenters. The summed E-state index contributed by atoms with van der Waals surface area (Å²) in [6.07, 6.45) is -3.10. The van der Waals surface area contributed by atoms with Gasteiger partial charge in [-0.05, 0) is 15.9 Å². The highest BCUT2D eigenvalue weighted by molar-refractivity contribution is 9.10. The van der Waals surface area contributed by atoms with Gasteiger partial charge in [0.2, 0.25) is 5.95 Å². The van der Waals surface area contributed by atoms with Crippen molar-refractivity contribution in [1.82, 2.24) is 4.98 Å². The van der Waals surface area contributed by atoms with Crippen LogP contribution >= 0.6 is 15.9 Å². The van der Waals surface area contributed by atoms with Crippen LogP contribution in [0.5, 0.6) is 0 Å². The van der Waals surface area contributed by atoms with E-state index < -0.39 is 23.4 Å². The third kappa shape index (κ3) is 1.69. The van der Waals surface area contributed by atoms with Gasteiger partial charge >= 0.3 is 0 Å². The fourth-order valence-electron chi connectivity index (χ4n) is 0.713. The van der Waals surface area contributed by atoms with Gasteiger partial charge in [-0.2, -0.15) is 4.39 Å². The lowest BCUT2D eigenvalue weighted by molar-refractivity contribution is 0.143. The Kier molecular flexibility index (Phi) is 2.56. The van der Waals surface area contributed by atoms with Crippen LogP contribution in [0.1, 0.15) is 12.0 Å². The van der Waals surface area contributed by atoms with Gasteiger partial charge in [-0.1, -0.05) is 0 Å². The molecule has 0 radical (unpaired) electrons. The van der Waals surface area contributed by atoms with Gasteiger partial charge in [-0.25, -0.2) is 8.78 Å². The fourth-order valence-corrected chi connectivity index (χ4v) is 1.09. The van der Waals surface area contributed by atoms with Crippen LogP contribution in [0.2, 0.25) is 0 Å². The van der Waals surface area contributed by atoms with E-state index in [0.29, 0.717) is 0 Å². The van der Waals surface area contributed by atoms with Crippen molar-refractivity contribution < 1.29 is 13.2 Å². The van der Waals surface area contributed by atoms with E-state index in [1.54, 1.807) is 0 Å². The first-order valence-electron chi connectivity index (χ1n) is 2.88. The van der Waals surface area contributed by atoms with Crippen LogP contribution in [-0.2, 0) is 0 Å². The minimum atomic E-state index is -3.10. The molecule has 0 bridgehead atoms. The Bertz CT molecular complexity index is 349. The van der Waals surface area contributed by atoms with E-state index in [1.165, 1.54) is 0 Å². The Morgan fingerprint density at radius 3 is 2.50 bits per heavy atom. The number of aromatic nitrogens is 1. The lowest BCUT2D eigenvalue weighted by atomic mass is 10.3. The first-order chi connectivity index (χ1) is 5.52. The molecule has 0 unspecified atom stereocenters. The minimum absolute atomic E-state index is 0.0365. The first-order valence-corrected chi connectivity index (χ1v) is 3.68. The van der Waals surface area contributed by atoms with Crippen molar-refractivity contribution in [1.29, 1.82) is 0 Å². The molecule has 0 saturated heterocycles. The van der Waals surface area contributed by atoms with Crippen LogP contribution in [-0.4, -0.2) is 4.98 Å². The lowest BCUT2D eigenvalue weighted by Crippen LogP contribution is -2.12. The number of aromatic amines is 1. The zero-order valence-electron chi connectivity index (χ0n) is 5.57. The molecule has 0 aliphatic rings. The first kappa shape index (κ1) is 9.31. The zero-order valence-corrected chi connectivity index (χ0v) is 7.16. The van der Waals surface area contributed by atoms with E-state index in [2.05, 4.69) is 15.9 Å². The van der Waals surface area contributed by atoms with Crippen LogP contribution in [0, 0.1) is 5.95 Å². The highest BCUT2D eigenvalue weighted by atomic mass is 79.9. The van der Waals surface area contributed by atoms with Crippen molar-refractivity contribution >= 4 is 15.9 Å². The van der Waals surface area contributed by atoms with Crippen molar-refractivity contribution in [3.63, 3.8) is 0 Å². The van der Waals surface area contributed by atoms with E-state index in [1.807, 2.05) is 4.98 Å². The van der Waals surface area contributed by atoms with Gasteiger partial charge in [0.05, 0.1) is 4.60 Å². The molecule has 1 aromatic heterocycles. The number of nitrogens with one attached hydrogen (secondary N) is 1. The topological polar surface area (TPSA) is 32.9 Å². The van der Waals surface area contributed by atoms with Crippen molar-refractivity contribution in [2.45, 2.75) is 6.43 Å². The predicted molar refractivity (Wildman–Crippen MR) is 39.7 cm³/mol. The SMILES string of the molecule is O=c1cc(Br)[nH]c(F)c1C(F)F. The molecule has 2 nitrogen and oxygen atoms in total. The van der Waals surface area contributed by atoms with Crippen molar-refractivity contribution in [2.75, 3.05) is 0 Å². The lowest BCUT2D eigenvalue weighted by Gasteiger charge is -2.00. The van der Waals surface area contributed by atoms with Crippen LogP contribution in [0.4, 0.5) is 13.2 Å². The molecule has 6 heteroatoms. The third-order valence-corrected chi connectivity index (χ3v) is 1.63. The molecule has 1 aromatic rings. The molecule has 0 aliphatic heterocycles. The third-order valence-electron chi connectivity index (χ3n) is 1.21. The Morgan fingerprint density at radius 1 is 1.50 bits per heavy atom. The molecule has 0 spiro atoms. The highest BCUT2D eigenvalue weighted by Crippen LogP contribution is 2.18. The van der Waals surface area contributed by atoms with E-state index in [4.69, 9.17) is 0 Å². The quantitative estimate of drug-likeness (QED) is 0.752. The summed E-state index contributed by atoms with van der Waals surface area (Å²) in [6, 6.07) is 0.852. The van der Waals surface area contributed by atoms with E-state index in [-0.39, 0.29) is 4.60 Å². The second-order valence-electron chi connectivity index (χ2n) is 2.01. The average Bonchev–Trinajstić information content (AvgIpc) is 1.82. The molecular formula is C6H3BrF3NO. The van der Waals surface area contributed by atoms with Crippen LogP contribution in [0.3, 0.4) is 0 Å². The number of hydrogen-bond donors (Lipinski definition) is 1. The van der Waals surface area contributed by atoms with Crippen LogP contribution in [0.25, 0.3) is 0 Å². The summed E-state index contributed by atoms with van der Waals surface area (Å²) in [5, 5.41) is 0. The maximum Gasteiger partial charge on any atom is 0.271 e. The molecule has 0 saturated carbocycles. The predicted octanol–water partition coefficient (Wildman–Crippen LogP) is 2.21. The number of pyridine rings is 1. The zero-order chi connectivity index (χ0) is 9.30. The minimum Gasteiger partial charge on any atom is -0.326 e. The second-order valence-corrected chi connectivity index (χ2v) is 2.86. The molecule has 1 heterocycles. The molecule has 66 valence electrons. The van der Waals surface area contributed by atoms with Gasteiger partial charge in [0.15, 0.2) is 5.43 Å². The molecule has 1 N–H and O–H groups in total. The average molecular weight is 242 g/mol. The molecule has 0 aliphatic carbocycles. The number of halogens is 4. The second kappa shape index (κ2) is 3.30. The summed E-state index contributed by atoms with van der Waals surface area (Å²) < 4.78 is 36.5. The van der Waals surface area contributed by atoms with Gasteiger partial charge in [0.25, 0.3) is 6.43 Å². The normalized spacial score (nSPS) is 10.8. The summed E-state index contributed by atoms with van der Waals surface area (Å²) in [5.74, 6) is -1.30. The van der Waals surface area contributed by atoms with Crippen molar-refractivity contribution in [2.24, 2.45) is 0 Å². The maximum absolute atomic E-state index is 12.6. The van der Waals surface area contributed by atoms with E-state index >= 15 is 0 Å².